The first-order valence-electron chi connectivity index (χ1n) is 10.3. The van der Waals surface area contributed by atoms with Crippen molar-refractivity contribution in [2.75, 3.05) is 6.61 Å². The Morgan fingerprint density at radius 3 is 1.48 bits per heavy atom. The Morgan fingerprint density at radius 2 is 1.03 bits per heavy atom. The maximum absolute atomic E-state index is 10.7. The van der Waals surface area contributed by atoms with Gasteiger partial charge in [-0.1, -0.05) is 64.0 Å². The summed E-state index contributed by atoms with van der Waals surface area (Å²) in [5.41, 5.74) is 2.51. The van der Waals surface area contributed by atoms with Gasteiger partial charge in [-0.25, -0.2) is 0 Å². The molecule has 0 saturated carbocycles. The Balaban J connectivity index is 0.000000592. The van der Waals surface area contributed by atoms with E-state index in [2.05, 4.69) is 55.5 Å². The minimum atomic E-state index is -10.7. The molecule has 0 atom stereocenters. The first-order chi connectivity index (χ1) is 14.2. The van der Waals surface area contributed by atoms with E-state index in [1.54, 1.807) is 0 Å². The van der Waals surface area contributed by atoms with Crippen LogP contribution < -0.4 is 27.3 Å². The summed E-state index contributed by atoms with van der Waals surface area (Å²) in [4.78, 5) is 0. The summed E-state index contributed by atoms with van der Waals surface area (Å²) in [6.07, 6.45) is 10.7. The van der Waals surface area contributed by atoms with Crippen molar-refractivity contribution in [1.29, 1.82) is 0 Å². The fourth-order valence-corrected chi connectivity index (χ4v) is 3.21. The molecule has 9 heteroatoms. The van der Waals surface area contributed by atoms with Crippen LogP contribution in [0.1, 0.15) is 58.3 Å². The molecule has 178 valence electrons. The molecule has 31 heavy (non-hydrogen) atoms. The maximum atomic E-state index is 9.87. The Bertz CT molecular complexity index is 750. The molecule has 0 saturated heterocycles. The van der Waals surface area contributed by atoms with Gasteiger partial charge in [-0.2, -0.15) is 0 Å². The average Bonchev–Trinajstić information content (AvgIpc) is 2.65. The molecule has 0 heterocycles. The van der Waals surface area contributed by atoms with Crippen molar-refractivity contribution in [1.82, 2.24) is 0 Å². The van der Waals surface area contributed by atoms with Gasteiger partial charge in [0, 0.05) is 0 Å². The molecule has 1 nitrogen and oxygen atoms in total. The SMILES string of the molecule is CCCCCCCCCCOc1ccc(-c2ccc([IH+])cc2)cc1.F[P-](F)(F)(F)(F)F. The molecule has 0 aromatic heterocycles. The van der Waals surface area contributed by atoms with Crippen molar-refractivity contribution in [3.8, 4) is 16.9 Å². The number of ether oxygens (including phenoxy) is 1. The standard InChI is InChI=1S/C22H30IO.F6P/c1-2-3-4-5-6-7-8-9-18-24-22-16-12-20(13-17-22)19-10-14-21(23)15-11-19;1-7(2,3,4,5)6/h10-17,23H,2-9,18H2,1H3;/q+1;-1. The van der Waals surface area contributed by atoms with E-state index in [1.807, 2.05) is 22.6 Å². The van der Waals surface area contributed by atoms with Gasteiger partial charge in [0.15, 0.2) is 3.57 Å². The van der Waals surface area contributed by atoms with Gasteiger partial charge in [-0.3, -0.25) is 0 Å². The number of hydrogen-bond acceptors (Lipinski definition) is 1. The predicted octanol–water partition coefficient (Wildman–Crippen LogP) is 6.71. The zero-order chi connectivity index (χ0) is 23.4. The van der Waals surface area contributed by atoms with Gasteiger partial charge in [-0.15, -0.1) is 0 Å². The van der Waals surface area contributed by atoms with Gasteiger partial charge >= 0.3 is 33.0 Å². The van der Waals surface area contributed by atoms with Crippen LogP contribution >= 0.6 is 7.81 Å². The van der Waals surface area contributed by atoms with Gasteiger partial charge in [0.25, 0.3) is 22.6 Å². The van der Waals surface area contributed by atoms with Crippen molar-refractivity contribution in [3.05, 3.63) is 52.1 Å². The number of unbranched alkanes of at least 4 members (excludes halogenated alkanes) is 7. The zero-order valence-corrected chi connectivity index (χ0v) is 20.7. The third-order valence-corrected chi connectivity index (χ3v) is 5.09. The molecule has 2 rings (SSSR count). The van der Waals surface area contributed by atoms with E-state index in [9.17, 15) is 25.2 Å². The Kier molecular flexibility index (Phi) is 10.6. The molecule has 0 amide bonds. The van der Waals surface area contributed by atoms with E-state index in [0.29, 0.717) is 0 Å². The van der Waals surface area contributed by atoms with Crippen molar-refractivity contribution in [2.45, 2.75) is 58.3 Å². The van der Waals surface area contributed by atoms with Crippen LogP contribution in [0.3, 0.4) is 0 Å². The van der Waals surface area contributed by atoms with Crippen LogP contribution in [-0.2, 0) is 0 Å². The van der Waals surface area contributed by atoms with E-state index >= 15 is 0 Å². The molecule has 0 aliphatic rings. The summed E-state index contributed by atoms with van der Waals surface area (Å²) in [5, 5.41) is 0. The second kappa shape index (κ2) is 11.7. The number of benzene rings is 2. The van der Waals surface area contributed by atoms with E-state index in [1.165, 1.54) is 59.6 Å². The molecule has 0 aliphatic heterocycles. The molecule has 0 fully saturated rings. The average molecular weight is 582 g/mol. The van der Waals surface area contributed by atoms with Crippen LogP contribution in [0.15, 0.2) is 48.5 Å². The topological polar surface area (TPSA) is 9.23 Å². The van der Waals surface area contributed by atoms with Crippen molar-refractivity contribution < 1.29 is 52.5 Å². The zero-order valence-electron chi connectivity index (χ0n) is 17.5. The normalized spacial score (nSPS) is 13.5. The molecule has 0 aliphatic carbocycles. The number of hydrogen-bond donors (Lipinski definition) is 0. The molecule has 0 bridgehead atoms. The van der Waals surface area contributed by atoms with Gasteiger partial charge in [0.2, 0.25) is 0 Å². The van der Waals surface area contributed by atoms with Gasteiger partial charge in [0.1, 0.15) is 5.75 Å². The van der Waals surface area contributed by atoms with Crippen LogP contribution in [-0.4, -0.2) is 6.61 Å². The summed E-state index contributed by atoms with van der Waals surface area (Å²) in [6.45, 7) is 3.10. The van der Waals surface area contributed by atoms with Crippen LogP contribution in [0.25, 0.3) is 11.1 Å². The third kappa shape index (κ3) is 18.3. The molecule has 0 spiro atoms. The quantitative estimate of drug-likeness (QED) is 0.124. The summed E-state index contributed by atoms with van der Waals surface area (Å²) in [7, 11) is -10.7. The van der Waals surface area contributed by atoms with Crippen molar-refractivity contribution >= 4 is 7.81 Å². The summed E-state index contributed by atoms with van der Waals surface area (Å²) < 4.78 is 66.4. The fraction of sp³-hybridized carbons (Fsp3) is 0.455. The molecule has 0 N–H and O–H groups in total. The predicted molar refractivity (Wildman–Crippen MR) is 114 cm³/mol. The van der Waals surface area contributed by atoms with Crippen LogP contribution in [0.2, 0.25) is 0 Å². The molecule has 2 aromatic rings. The Morgan fingerprint density at radius 1 is 0.645 bits per heavy atom. The van der Waals surface area contributed by atoms with Crippen molar-refractivity contribution in [3.63, 3.8) is 0 Å². The van der Waals surface area contributed by atoms with Gasteiger partial charge < -0.3 is 4.74 Å². The van der Waals surface area contributed by atoms with Crippen LogP contribution in [0, 0.1) is 3.57 Å². The minimum absolute atomic E-state index is 0.833. The first kappa shape index (κ1) is 28.0. The second-order valence-electron chi connectivity index (χ2n) is 7.33. The molecule has 0 radical (unpaired) electrons. The van der Waals surface area contributed by atoms with Crippen molar-refractivity contribution in [2.24, 2.45) is 0 Å². The first-order valence-corrected chi connectivity index (χ1v) is 13.5. The Hall–Kier alpha value is -1.02. The number of rotatable bonds is 11. The van der Waals surface area contributed by atoms with E-state index in [4.69, 9.17) is 4.74 Å². The molecule has 2 aromatic carbocycles. The summed E-state index contributed by atoms with van der Waals surface area (Å²) in [6, 6.07) is 17.1. The third-order valence-electron chi connectivity index (χ3n) is 4.31. The molecular weight excluding hydrogens is 552 g/mol. The molecule has 0 unspecified atom stereocenters. The number of halogens is 7. The van der Waals surface area contributed by atoms with Crippen LogP contribution in [0.4, 0.5) is 25.2 Å². The second-order valence-corrected chi connectivity index (χ2v) is 10.6. The van der Waals surface area contributed by atoms with Crippen LogP contribution in [0.5, 0.6) is 5.75 Å². The summed E-state index contributed by atoms with van der Waals surface area (Å²) in [5.74, 6) is 0.981. The van der Waals surface area contributed by atoms with Gasteiger partial charge in [-0.05, 0) is 53.9 Å². The van der Waals surface area contributed by atoms with E-state index < -0.39 is 7.81 Å². The van der Waals surface area contributed by atoms with Gasteiger partial charge in [0.05, 0.1) is 6.61 Å². The molecular formula is C22H30F6IOP. The Labute approximate surface area is 194 Å². The van der Waals surface area contributed by atoms with E-state index in [0.717, 1.165) is 18.8 Å². The summed E-state index contributed by atoms with van der Waals surface area (Å²) >= 11 is 2.04. The monoisotopic (exact) mass is 582 g/mol. The van der Waals surface area contributed by atoms with E-state index in [-0.39, 0.29) is 0 Å². The fourth-order valence-electron chi connectivity index (χ4n) is 2.82.